The molecule has 1 aromatic heterocycles. The van der Waals surface area contributed by atoms with Gasteiger partial charge in [-0.05, 0) is 76.1 Å². The maximum Gasteiger partial charge on any atom is 0.332 e. The van der Waals surface area contributed by atoms with Gasteiger partial charge in [-0.25, -0.2) is 13.2 Å². The molecule has 2 aromatic rings. The first-order valence-electron chi connectivity index (χ1n) is 10.5. The predicted octanol–water partition coefficient (Wildman–Crippen LogP) is 5.15. The molecule has 1 aliphatic rings. The standard InChI is InChI=1S/C22H30ClNO5S2/c1-15-18-13-16(23)8-9-19(18)30-21(15)31(26,27)24-11-6-5-7-17(24)10-12-28-14-20(25)29-22(2,3)4/h8-9,13,17H,5-7,10-12,14H2,1-4H3/t17-/m0/s1. The monoisotopic (exact) mass is 487 g/mol. The van der Waals surface area contributed by atoms with Crippen LogP contribution in [0.3, 0.4) is 0 Å². The average Bonchev–Trinajstić information content (AvgIpc) is 3.01. The lowest BCUT2D eigenvalue weighted by Gasteiger charge is -2.34. The van der Waals surface area contributed by atoms with Crippen molar-refractivity contribution < 1.29 is 22.7 Å². The first-order valence-corrected chi connectivity index (χ1v) is 13.1. The van der Waals surface area contributed by atoms with Crippen molar-refractivity contribution in [3.8, 4) is 0 Å². The Hall–Kier alpha value is -1.19. The third-order valence-corrected chi connectivity index (χ3v) is 9.26. The van der Waals surface area contributed by atoms with Gasteiger partial charge in [0.15, 0.2) is 0 Å². The number of fused-ring (bicyclic) bond motifs is 1. The van der Waals surface area contributed by atoms with Crippen LogP contribution in [0.25, 0.3) is 10.1 Å². The van der Waals surface area contributed by atoms with E-state index in [-0.39, 0.29) is 12.6 Å². The SMILES string of the molecule is Cc1c(S(=O)(=O)N2CCCC[C@H]2CCOCC(=O)OC(C)(C)C)sc2ccc(Cl)cc12. The van der Waals surface area contributed by atoms with Gasteiger partial charge < -0.3 is 9.47 Å². The predicted molar refractivity (Wildman–Crippen MR) is 124 cm³/mol. The summed E-state index contributed by atoms with van der Waals surface area (Å²) in [5.41, 5.74) is 0.189. The zero-order valence-corrected chi connectivity index (χ0v) is 20.8. The minimum Gasteiger partial charge on any atom is -0.458 e. The van der Waals surface area contributed by atoms with Crippen LogP contribution in [-0.2, 0) is 24.3 Å². The highest BCUT2D eigenvalue weighted by Gasteiger charge is 2.35. The largest absolute Gasteiger partial charge is 0.458 e. The van der Waals surface area contributed by atoms with Crippen LogP contribution in [0.5, 0.6) is 0 Å². The van der Waals surface area contributed by atoms with E-state index < -0.39 is 21.6 Å². The summed E-state index contributed by atoms with van der Waals surface area (Å²) in [6.45, 7) is 7.92. The second-order valence-electron chi connectivity index (χ2n) is 8.85. The van der Waals surface area contributed by atoms with Crippen LogP contribution in [0, 0.1) is 6.92 Å². The molecule has 172 valence electrons. The fourth-order valence-corrected chi connectivity index (χ4v) is 7.60. The number of hydrogen-bond donors (Lipinski definition) is 0. The van der Waals surface area contributed by atoms with Gasteiger partial charge in [0.2, 0.25) is 0 Å². The minimum atomic E-state index is -3.63. The molecule has 0 aliphatic carbocycles. The lowest BCUT2D eigenvalue weighted by atomic mass is 10.0. The summed E-state index contributed by atoms with van der Waals surface area (Å²) >= 11 is 7.40. The number of benzene rings is 1. The number of thiophene rings is 1. The molecular weight excluding hydrogens is 458 g/mol. The highest BCUT2D eigenvalue weighted by atomic mass is 35.5. The highest BCUT2D eigenvalue weighted by molar-refractivity contribution is 7.91. The van der Waals surface area contributed by atoms with Crippen LogP contribution in [-0.4, -0.2) is 50.1 Å². The number of nitrogens with zero attached hydrogens (tertiary/aromatic N) is 1. The van der Waals surface area contributed by atoms with Crippen LogP contribution < -0.4 is 0 Å². The molecule has 0 saturated carbocycles. The molecule has 1 atom stereocenters. The molecule has 0 N–H and O–H groups in total. The fraction of sp³-hybridized carbons (Fsp3) is 0.591. The van der Waals surface area contributed by atoms with Crippen LogP contribution in [0.15, 0.2) is 22.4 Å². The number of sulfonamides is 1. The average molecular weight is 488 g/mol. The Bertz CT molecular complexity index is 1040. The lowest BCUT2D eigenvalue weighted by molar-refractivity contribution is -0.160. The van der Waals surface area contributed by atoms with E-state index in [1.165, 1.54) is 11.3 Å². The topological polar surface area (TPSA) is 72.9 Å². The number of carbonyl (C=O) groups is 1. The van der Waals surface area contributed by atoms with Crippen molar-refractivity contribution in [1.29, 1.82) is 0 Å². The summed E-state index contributed by atoms with van der Waals surface area (Å²) in [7, 11) is -3.63. The smallest absolute Gasteiger partial charge is 0.332 e. The van der Waals surface area contributed by atoms with Crippen molar-refractivity contribution in [3.63, 3.8) is 0 Å². The molecule has 31 heavy (non-hydrogen) atoms. The Labute approximate surface area is 193 Å². The molecule has 1 fully saturated rings. The Balaban J connectivity index is 1.70. The van der Waals surface area contributed by atoms with E-state index in [1.54, 1.807) is 31.1 Å². The zero-order valence-electron chi connectivity index (χ0n) is 18.4. The first-order chi connectivity index (χ1) is 14.5. The quantitative estimate of drug-likeness (QED) is 0.398. The molecule has 3 rings (SSSR count). The fourth-order valence-electron chi connectivity index (χ4n) is 3.85. The van der Waals surface area contributed by atoms with E-state index in [9.17, 15) is 13.2 Å². The number of hydrogen-bond acceptors (Lipinski definition) is 6. The van der Waals surface area contributed by atoms with Crippen molar-refractivity contribution in [2.45, 2.75) is 69.2 Å². The molecule has 6 nitrogen and oxygen atoms in total. The minimum absolute atomic E-state index is 0.132. The second-order valence-corrected chi connectivity index (χ2v) is 12.4. The normalized spacial score (nSPS) is 18.4. The molecule has 1 aliphatic heterocycles. The Morgan fingerprint density at radius 2 is 2.03 bits per heavy atom. The molecule has 1 saturated heterocycles. The molecule has 0 amide bonds. The lowest BCUT2D eigenvalue weighted by Crippen LogP contribution is -2.44. The summed E-state index contributed by atoms with van der Waals surface area (Å²) in [6, 6.07) is 5.32. The highest BCUT2D eigenvalue weighted by Crippen LogP contribution is 2.38. The Morgan fingerprint density at radius 3 is 2.74 bits per heavy atom. The number of ether oxygens (including phenoxy) is 2. The Kier molecular flexibility index (Phi) is 7.69. The van der Waals surface area contributed by atoms with E-state index >= 15 is 0 Å². The van der Waals surface area contributed by atoms with Gasteiger partial charge in [0.1, 0.15) is 16.4 Å². The van der Waals surface area contributed by atoms with Crippen molar-refractivity contribution in [1.82, 2.24) is 4.31 Å². The summed E-state index contributed by atoms with van der Waals surface area (Å²) in [5, 5.41) is 1.47. The number of carbonyl (C=O) groups excluding carboxylic acids is 1. The van der Waals surface area contributed by atoms with Crippen LogP contribution >= 0.6 is 22.9 Å². The molecule has 2 heterocycles. The van der Waals surface area contributed by atoms with Crippen LogP contribution in [0.2, 0.25) is 5.02 Å². The van der Waals surface area contributed by atoms with Gasteiger partial charge >= 0.3 is 5.97 Å². The summed E-state index contributed by atoms with van der Waals surface area (Å²) in [6.07, 6.45) is 3.14. The number of aryl methyl sites for hydroxylation is 1. The van der Waals surface area contributed by atoms with Gasteiger partial charge in [0, 0.05) is 28.9 Å². The molecule has 9 heteroatoms. The van der Waals surface area contributed by atoms with Crippen molar-refractivity contribution in [2.24, 2.45) is 0 Å². The molecule has 1 aromatic carbocycles. The van der Waals surface area contributed by atoms with Gasteiger partial charge in [-0.1, -0.05) is 18.0 Å². The number of rotatable bonds is 7. The van der Waals surface area contributed by atoms with E-state index in [0.29, 0.717) is 28.8 Å². The third kappa shape index (κ3) is 5.99. The molecule has 0 bridgehead atoms. The van der Waals surface area contributed by atoms with E-state index in [4.69, 9.17) is 21.1 Å². The van der Waals surface area contributed by atoms with Gasteiger partial charge in [-0.3, -0.25) is 0 Å². The zero-order chi connectivity index (χ0) is 22.8. The van der Waals surface area contributed by atoms with Crippen molar-refractivity contribution >= 4 is 49.0 Å². The first kappa shape index (κ1) is 24.5. The second kappa shape index (κ2) is 9.75. The van der Waals surface area contributed by atoms with Crippen LogP contribution in [0.1, 0.15) is 52.0 Å². The molecule has 0 radical (unpaired) electrons. The van der Waals surface area contributed by atoms with Gasteiger partial charge in [0.05, 0.1) is 0 Å². The number of piperidine rings is 1. The van der Waals surface area contributed by atoms with Crippen molar-refractivity contribution in [2.75, 3.05) is 19.8 Å². The van der Waals surface area contributed by atoms with Gasteiger partial charge in [-0.15, -0.1) is 11.3 Å². The molecule has 0 spiro atoms. The van der Waals surface area contributed by atoms with Crippen molar-refractivity contribution in [3.05, 3.63) is 28.8 Å². The number of esters is 1. The van der Waals surface area contributed by atoms with E-state index in [1.807, 2.05) is 19.1 Å². The Morgan fingerprint density at radius 1 is 1.29 bits per heavy atom. The maximum absolute atomic E-state index is 13.6. The van der Waals surface area contributed by atoms with Gasteiger partial charge in [0.25, 0.3) is 10.0 Å². The molecular formula is C22H30ClNO5S2. The van der Waals surface area contributed by atoms with E-state index in [0.717, 1.165) is 34.9 Å². The van der Waals surface area contributed by atoms with Gasteiger partial charge in [-0.2, -0.15) is 4.31 Å². The molecule has 0 unspecified atom stereocenters. The summed E-state index contributed by atoms with van der Waals surface area (Å²) in [4.78, 5) is 11.8. The number of halogens is 1. The van der Waals surface area contributed by atoms with Crippen LogP contribution in [0.4, 0.5) is 0 Å². The third-order valence-electron chi connectivity index (χ3n) is 5.21. The maximum atomic E-state index is 13.6. The summed E-state index contributed by atoms with van der Waals surface area (Å²) in [5.74, 6) is -0.416. The van der Waals surface area contributed by atoms with E-state index in [2.05, 4.69) is 0 Å². The summed E-state index contributed by atoms with van der Waals surface area (Å²) < 4.78 is 40.8.